The van der Waals surface area contributed by atoms with Crippen LogP contribution in [0, 0.1) is 0 Å². The number of amides is 4. The third kappa shape index (κ3) is 5.13. The third-order valence-corrected chi connectivity index (χ3v) is 5.26. The lowest BCUT2D eigenvalue weighted by Gasteiger charge is -2.26. The van der Waals surface area contributed by atoms with Crippen LogP contribution in [0.4, 0.5) is 14.7 Å². The molecule has 0 bridgehead atoms. The Bertz CT molecular complexity index is 835. The maximum Gasteiger partial charge on any atom is 0.321 e. The van der Waals surface area contributed by atoms with Crippen LogP contribution in [0.1, 0.15) is 30.0 Å². The van der Waals surface area contributed by atoms with Crippen LogP contribution in [0.3, 0.4) is 0 Å². The highest BCUT2D eigenvalue weighted by Crippen LogP contribution is 2.28. The normalized spacial score (nSPS) is 13.1. The summed E-state index contributed by atoms with van der Waals surface area (Å²) in [6.45, 7) is 5.35. The molecule has 0 saturated carbocycles. The van der Waals surface area contributed by atoms with Gasteiger partial charge in [0.25, 0.3) is 0 Å². The summed E-state index contributed by atoms with van der Waals surface area (Å²) in [6, 6.07) is 7.27. The fraction of sp³-hybridized carbons (Fsp3) is 0.421. The molecule has 0 aliphatic carbocycles. The van der Waals surface area contributed by atoms with Crippen molar-refractivity contribution >= 4 is 28.5 Å². The number of aromatic nitrogens is 1. The van der Waals surface area contributed by atoms with E-state index in [0.717, 1.165) is 21.9 Å². The lowest BCUT2D eigenvalue weighted by molar-refractivity contribution is 0.192. The average molecular weight is 404 g/mol. The summed E-state index contributed by atoms with van der Waals surface area (Å²) < 4.78 is 5.14. The van der Waals surface area contributed by atoms with E-state index in [0.29, 0.717) is 31.2 Å². The van der Waals surface area contributed by atoms with Crippen LogP contribution in [-0.2, 0) is 19.5 Å². The van der Waals surface area contributed by atoms with E-state index >= 15 is 0 Å². The number of ether oxygens (including phenoxy) is 1. The second kappa shape index (κ2) is 8.92. The molecule has 0 spiro atoms. The number of urea groups is 2. The average Bonchev–Trinajstić information content (AvgIpc) is 3.06. The first-order valence-electron chi connectivity index (χ1n) is 9.16. The molecule has 150 valence electrons. The van der Waals surface area contributed by atoms with Gasteiger partial charge in [-0.1, -0.05) is 23.5 Å². The SMILES string of the molecule is COc1ccc(CNC(=O)N2CCc3nc(NC(=O)NC(C)C)sc3C2)cc1. The fourth-order valence-corrected chi connectivity index (χ4v) is 3.87. The number of carbonyl (C=O) groups excluding carboxylic acids is 2. The molecular weight excluding hydrogens is 378 g/mol. The van der Waals surface area contributed by atoms with Gasteiger partial charge in [0.05, 0.1) is 19.3 Å². The molecule has 3 N–H and O–H groups in total. The smallest absolute Gasteiger partial charge is 0.321 e. The van der Waals surface area contributed by atoms with Gasteiger partial charge >= 0.3 is 12.1 Å². The predicted molar refractivity (Wildman–Crippen MR) is 109 cm³/mol. The van der Waals surface area contributed by atoms with Crippen molar-refractivity contribution in [3.63, 3.8) is 0 Å². The van der Waals surface area contributed by atoms with Crippen LogP contribution in [0.25, 0.3) is 0 Å². The molecule has 0 fully saturated rings. The van der Waals surface area contributed by atoms with Crippen LogP contribution in [0.2, 0.25) is 0 Å². The molecule has 4 amide bonds. The topological polar surface area (TPSA) is 95.6 Å². The maximum atomic E-state index is 12.5. The number of hydrogen-bond donors (Lipinski definition) is 3. The minimum atomic E-state index is -0.268. The number of fused-ring (bicyclic) bond motifs is 1. The Labute approximate surface area is 168 Å². The first-order chi connectivity index (χ1) is 13.4. The van der Waals surface area contributed by atoms with Crippen molar-refractivity contribution in [2.75, 3.05) is 19.0 Å². The first-order valence-corrected chi connectivity index (χ1v) is 9.98. The highest BCUT2D eigenvalue weighted by Gasteiger charge is 2.24. The number of nitrogens with one attached hydrogen (secondary N) is 3. The van der Waals surface area contributed by atoms with E-state index < -0.39 is 0 Å². The minimum absolute atomic E-state index is 0.0551. The number of rotatable bonds is 5. The summed E-state index contributed by atoms with van der Waals surface area (Å²) in [5.74, 6) is 0.787. The van der Waals surface area contributed by atoms with E-state index in [1.165, 1.54) is 11.3 Å². The molecule has 0 saturated heterocycles. The minimum Gasteiger partial charge on any atom is -0.497 e. The van der Waals surface area contributed by atoms with E-state index in [9.17, 15) is 9.59 Å². The van der Waals surface area contributed by atoms with Crippen LogP contribution in [0.5, 0.6) is 5.75 Å². The molecule has 0 radical (unpaired) electrons. The van der Waals surface area contributed by atoms with Crippen molar-refractivity contribution in [3.8, 4) is 5.75 Å². The molecule has 8 nitrogen and oxygen atoms in total. The van der Waals surface area contributed by atoms with Crippen molar-refractivity contribution in [2.24, 2.45) is 0 Å². The highest BCUT2D eigenvalue weighted by atomic mass is 32.1. The van der Waals surface area contributed by atoms with Crippen LogP contribution in [0.15, 0.2) is 24.3 Å². The first kappa shape index (κ1) is 19.9. The number of hydrogen-bond acceptors (Lipinski definition) is 5. The molecule has 2 heterocycles. The van der Waals surface area contributed by atoms with Gasteiger partial charge in [-0.15, -0.1) is 0 Å². The van der Waals surface area contributed by atoms with Gasteiger partial charge in [0.1, 0.15) is 5.75 Å². The molecule has 3 rings (SSSR count). The zero-order valence-electron chi connectivity index (χ0n) is 16.2. The maximum absolute atomic E-state index is 12.5. The third-order valence-electron chi connectivity index (χ3n) is 4.26. The lowest BCUT2D eigenvalue weighted by Crippen LogP contribution is -2.42. The molecule has 2 aromatic rings. The van der Waals surface area contributed by atoms with Gasteiger partial charge in [0.15, 0.2) is 5.13 Å². The molecule has 28 heavy (non-hydrogen) atoms. The second-order valence-corrected chi connectivity index (χ2v) is 7.90. The molecule has 1 aliphatic heterocycles. The summed E-state index contributed by atoms with van der Waals surface area (Å²) >= 11 is 1.41. The number of benzene rings is 1. The van der Waals surface area contributed by atoms with E-state index in [1.807, 2.05) is 38.1 Å². The number of nitrogens with zero attached hydrogens (tertiary/aromatic N) is 2. The van der Waals surface area contributed by atoms with E-state index in [1.54, 1.807) is 12.0 Å². The fourth-order valence-electron chi connectivity index (χ4n) is 2.85. The van der Waals surface area contributed by atoms with E-state index in [4.69, 9.17) is 4.74 Å². The summed E-state index contributed by atoms with van der Waals surface area (Å²) in [5, 5.41) is 9.04. The second-order valence-electron chi connectivity index (χ2n) is 6.82. The van der Waals surface area contributed by atoms with Gasteiger partial charge in [-0.2, -0.15) is 0 Å². The van der Waals surface area contributed by atoms with Gasteiger partial charge in [0, 0.05) is 30.4 Å². The van der Waals surface area contributed by atoms with Crippen molar-refractivity contribution in [3.05, 3.63) is 40.4 Å². The zero-order chi connectivity index (χ0) is 20.1. The summed E-state index contributed by atoms with van der Waals surface area (Å²) in [5.41, 5.74) is 1.95. The van der Waals surface area contributed by atoms with Crippen molar-refractivity contribution < 1.29 is 14.3 Å². The lowest BCUT2D eigenvalue weighted by atomic mass is 10.2. The molecule has 9 heteroatoms. The monoisotopic (exact) mass is 403 g/mol. The van der Waals surface area contributed by atoms with Crippen LogP contribution in [-0.4, -0.2) is 41.6 Å². The molecule has 1 aromatic carbocycles. The molecular formula is C19H25N5O3S. The Morgan fingerprint density at radius 2 is 2.04 bits per heavy atom. The Morgan fingerprint density at radius 3 is 2.71 bits per heavy atom. The Hall–Kier alpha value is -2.81. The Morgan fingerprint density at radius 1 is 1.29 bits per heavy atom. The van der Waals surface area contributed by atoms with E-state index in [2.05, 4.69) is 20.9 Å². The largest absolute Gasteiger partial charge is 0.497 e. The highest BCUT2D eigenvalue weighted by molar-refractivity contribution is 7.15. The van der Waals surface area contributed by atoms with Crippen molar-refractivity contribution in [1.29, 1.82) is 0 Å². The molecule has 1 aliphatic rings. The quantitative estimate of drug-likeness (QED) is 0.715. The Kier molecular flexibility index (Phi) is 6.35. The Balaban J connectivity index is 1.53. The standard InChI is InChI=1S/C19H25N5O3S/c1-12(2)21-17(25)23-18-22-15-8-9-24(11-16(15)28-18)19(26)20-10-13-4-6-14(27-3)7-5-13/h4-7,12H,8-11H2,1-3H3,(H,20,26)(H2,21,22,23,25). The van der Waals surface area contributed by atoms with Gasteiger partial charge < -0.3 is 20.3 Å². The number of thiazole rings is 1. The van der Waals surface area contributed by atoms with Gasteiger partial charge in [0.2, 0.25) is 0 Å². The molecule has 1 aromatic heterocycles. The van der Waals surface area contributed by atoms with Crippen LogP contribution >= 0.6 is 11.3 Å². The summed E-state index contributed by atoms with van der Waals surface area (Å²) in [4.78, 5) is 31.6. The van der Waals surface area contributed by atoms with Crippen molar-refractivity contribution in [1.82, 2.24) is 20.5 Å². The summed E-state index contributed by atoms with van der Waals surface area (Å²) in [6.07, 6.45) is 0.676. The summed E-state index contributed by atoms with van der Waals surface area (Å²) in [7, 11) is 1.62. The molecule has 0 unspecified atom stereocenters. The zero-order valence-corrected chi connectivity index (χ0v) is 17.1. The van der Waals surface area contributed by atoms with E-state index in [-0.39, 0.29) is 18.1 Å². The molecule has 0 atom stereocenters. The van der Waals surface area contributed by atoms with Crippen molar-refractivity contribution in [2.45, 2.75) is 39.4 Å². The number of methoxy groups -OCH3 is 1. The van der Waals surface area contributed by atoms with Gasteiger partial charge in [-0.25, -0.2) is 14.6 Å². The van der Waals surface area contributed by atoms with Gasteiger partial charge in [-0.05, 0) is 31.5 Å². The van der Waals surface area contributed by atoms with Crippen LogP contribution < -0.4 is 20.7 Å². The van der Waals surface area contributed by atoms with Gasteiger partial charge in [-0.3, -0.25) is 5.32 Å². The number of anilines is 1. The number of carbonyl (C=O) groups is 2. The predicted octanol–water partition coefficient (Wildman–Crippen LogP) is 2.95.